The van der Waals surface area contributed by atoms with Gasteiger partial charge >= 0.3 is 6.09 Å². The zero-order chi connectivity index (χ0) is 10.6. The van der Waals surface area contributed by atoms with Gasteiger partial charge in [0, 0.05) is 0 Å². The van der Waals surface area contributed by atoms with E-state index in [1.165, 1.54) is 7.11 Å². The molecule has 0 aliphatic carbocycles. The summed E-state index contributed by atoms with van der Waals surface area (Å²) in [5.41, 5.74) is 5.57. The van der Waals surface area contributed by atoms with Gasteiger partial charge in [-0.15, -0.1) is 0 Å². The molecule has 1 rings (SSSR count). The fourth-order valence-corrected chi connectivity index (χ4v) is 1.23. The number of ether oxygens (including phenoxy) is 2. The highest BCUT2D eigenvalue weighted by Gasteiger charge is 2.02. The number of methoxy groups -OCH3 is 1. The maximum atomic E-state index is 10.3. The van der Waals surface area contributed by atoms with E-state index in [-0.39, 0.29) is 6.61 Å². The fourth-order valence-electron chi connectivity index (χ4n) is 0.954. The number of carbonyl (C=O) groups is 1. The summed E-state index contributed by atoms with van der Waals surface area (Å²) in [6, 6.07) is 5.10. The van der Waals surface area contributed by atoms with Gasteiger partial charge in [-0.05, 0) is 17.7 Å². The average Bonchev–Trinajstić information content (AvgIpc) is 2.15. The lowest BCUT2D eigenvalue weighted by atomic mass is 10.2. The number of amides is 1. The lowest BCUT2D eigenvalue weighted by molar-refractivity contribution is 0.150. The molecular formula is C9H10ClNO3. The van der Waals surface area contributed by atoms with Gasteiger partial charge in [0.2, 0.25) is 0 Å². The van der Waals surface area contributed by atoms with Crippen molar-refractivity contribution in [2.75, 3.05) is 7.11 Å². The zero-order valence-electron chi connectivity index (χ0n) is 7.62. The molecule has 0 saturated carbocycles. The van der Waals surface area contributed by atoms with Crippen molar-refractivity contribution in [2.45, 2.75) is 6.61 Å². The van der Waals surface area contributed by atoms with Crippen LogP contribution in [0.1, 0.15) is 5.56 Å². The normalized spacial score (nSPS) is 9.57. The van der Waals surface area contributed by atoms with Crippen LogP contribution in [0.4, 0.5) is 4.79 Å². The van der Waals surface area contributed by atoms with Gasteiger partial charge < -0.3 is 15.2 Å². The molecule has 0 aliphatic heterocycles. The highest BCUT2D eigenvalue weighted by Crippen LogP contribution is 2.25. The molecule has 0 heterocycles. The van der Waals surface area contributed by atoms with Gasteiger partial charge in [-0.3, -0.25) is 0 Å². The summed E-state index contributed by atoms with van der Waals surface area (Å²) < 4.78 is 9.56. The van der Waals surface area contributed by atoms with Crippen LogP contribution in [-0.2, 0) is 11.3 Å². The Morgan fingerprint density at radius 3 is 2.79 bits per heavy atom. The Hall–Kier alpha value is -1.42. The third-order valence-electron chi connectivity index (χ3n) is 1.60. The van der Waals surface area contributed by atoms with E-state index in [9.17, 15) is 4.79 Å². The van der Waals surface area contributed by atoms with Crippen molar-refractivity contribution in [3.63, 3.8) is 0 Å². The third kappa shape index (κ3) is 2.81. The number of benzene rings is 1. The van der Waals surface area contributed by atoms with Crippen molar-refractivity contribution in [3.8, 4) is 5.75 Å². The first kappa shape index (κ1) is 10.7. The number of hydrogen-bond acceptors (Lipinski definition) is 3. The number of hydrogen-bond donors (Lipinski definition) is 1. The maximum absolute atomic E-state index is 10.3. The van der Waals surface area contributed by atoms with Crippen LogP contribution in [0.25, 0.3) is 0 Å². The van der Waals surface area contributed by atoms with E-state index in [4.69, 9.17) is 22.1 Å². The van der Waals surface area contributed by atoms with Crippen molar-refractivity contribution in [2.24, 2.45) is 5.73 Å². The molecule has 0 aliphatic rings. The minimum atomic E-state index is -0.808. The molecule has 0 radical (unpaired) electrons. The first-order valence-corrected chi connectivity index (χ1v) is 4.26. The molecular weight excluding hydrogens is 206 g/mol. The Bertz CT molecular complexity index is 341. The molecule has 0 fully saturated rings. The largest absolute Gasteiger partial charge is 0.495 e. The summed E-state index contributed by atoms with van der Waals surface area (Å²) >= 11 is 5.85. The summed E-state index contributed by atoms with van der Waals surface area (Å²) in [4.78, 5) is 10.3. The topological polar surface area (TPSA) is 61.6 Å². The second-order valence-electron chi connectivity index (χ2n) is 2.58. The Labute approximate surface area is 86.6 Å². The van der Waals surface area contributed by atoms with Crippen LogP contribution >= 0.6 is 11.6 Å². The van der Waals surface area contributed by atoms with Crippen molar-refractivity contribution in [1.29, 1.82) is 0 Å². The molecule has 5 heteroatoms. The van der Waals surface area contributed by atoms with Crippen LogP contribution in [0.5, 0.6) is 5.75 Å². The molecule has 76 valence electrons. The van der Waals surface area contributed by atoms with Crippen LogP contribution in [0.15, 0.2) is 18.2 Å². The molecule has 1 aromatic rings. The quantitative estimate of drug-likeness (QED) is 0.838. The van der Waals surface area contributed by atoms with Crippen molar-refractivity contribution in [3.05, 3.63) is 28.8 Å². The zero-order valence-corrected chi connectivity index (χ0v) is 8.38. The minimum Gasteiger partial charge on any atom is -0.495 e. The van der Waals surface area contributed by atoms with Gasteiger partial charge in [0.25, 0.3) is 0 Å². The first-order valence-electron chi connectivity index (χ1n) is 3.88. The van der Waals surface area contributed by atoms with Gasteiger partial charge in [0.05, 0.1) is 12.1 Å². The van der Waals surface area contributed by atoms with E-state index in [1.807, 2.05) is 0 Å². The number of rotatable bonds is 3. The van der Waals surface area contributed by atoms with Gasteiger partial charge in [-0.2, -0.15) is 0 Å². The number of nitrogens with two attached hydrogens (primary N) is 1. The van der Waals surface area contributed by atoms with Crippen LogP contribution in [0.2, 0.25) is 5.02 Å². The molecule has 1 aromatic carbocycles. The Kier molecular flexibility index (Phi) is 3.59. The van der Waals surface area contributed by atoms with Gasteiger partial charge in [-0.25, -0.2) is 4.79 Å². The van der Waals surface area contributed by atoms with Gasteiger partial charge in [0.1, 0.15) is 12.4 Å². The molecule has 14 heavy (non-hydrogen) atoms. The smallest absolute Gasteiger partial charge is 0.404 e. The highest BCUT2D eigenvalue weighted by atomic mass is 35.5. The number of carbonyl (C=O) groups excluding carboxylic acids is 1. The second kappa shape index (κ2) is 4.72. The summed E-state index contributed by atoms with van der Waals surface area (Å²) in [5, 5.41) is 0.470. The molecule has 0 saturated heterocycles. The standard InChI is InChI=1S/C9H10ClNO3/c1-13-8-3-2-6(4-7(8)10)5-14-9(11)12/h2-4H,5H2,1H3,(H2,11,12). The lowest BCUT2D eigenvalue weighted by Gasteiger charge is -2.05. The molecule has 0 aromatic heterocycles. The fraction of sp³-hybridized carbons (Fsp3) is 0.222. The lowest BCUT2D eigenvalue weighted by Crippen LogP contribution is -2.12. The highest BCUT2D eigenvalue weighted by molar-refractivity contribution is 6.32. The Morgan fingerprint density at radius 2 is 2.29 bits per heavy atom. The molecule has 0 atom stereocenters. The van der Waals surface area contributed by atoms with Crippen LogP contribution in [0.3, 0.4) is 0 Å². The van der Waals surface area contributed by atoms with Crippen molar-refractivity contribution >= 4 is 17.7 Å². The monoisotopic (exact) mass is 215 g/mol. The van der Waals surface area contributed by atoms with Crippen LogP contribution in [0, 0.1) is 0 Å². The summed E-state index contributed by atoms with van der Waals surface area (Å²) in [6.07, 6.45) is -0.808. The molecule has 1 amide bonds. The summed E-state index contributed by atoms with van der Waals surface area (Å²) in [5.74, 6) is 0.578. The first-order chi connectivity index (χ1) is 6.63. The predicted octanol–water partition coefficient (Wildman–Crippen LogP) is 1.94. The minimum absolute atomic E-state index is 0.110. The Morgan fingerprint density at radius 1 is 1.57 bits per heavy atom. The van der Waals surface area contributed by atoms with E-state index in [0.717, 1.165) is 5.56 Å². The Balaban J connectivity index is 2.71. The summed E-state index contributed by atoms with van der Waals surface area (Å²) in [6.45, 7) is 0.110. The third-order valence-corrected chi connectivity index (χ3v) is 1.89. The van der Waals surface area contributed by atoms with E-state index in [0.29, 0.717) is 10.8 Å². The number of primary amides is 1. The SMILES string of the molecule is COc1ccc(COC(N)=O)cc1Cl. The molecule has 0 unspecified atom stereocenters. The second-order valence-corrected chi connectivity index (χ2v) is 2.98. The molecule has 4 nitrogen and oxygen atoms in total. The summed E-state index contributed by atoms with van der Waals surface area (Å²) in [7, 11) is 1.53. The predicted molar refractivity (Wildman–Crippen MR) is 52.4 cm³/mol. The van der Waals surface area contributed by atoms with Crippen molar-refractivity contribution < 1.29 is 14.3 Å². The van der Waals surface area contributed by atoms with Crippen LogP contribution < -0.4 is 10.5 Å². The van der Waals surface area contributed by atoms with Gasteiger partial charge in [-0.1, -0.05) is 17.7 Å². The molecule has 2 N–H and O–H groups in total. The van der Waals surface area contributed by atoms with E-state index >= 15 is 0 Å². The maximum Gasteiger partial charge on any atom is 0.404 e. The van der Waals surface area contributed by atoms with Crippen molar-refractivity contribution in [1.82, 2.24) is 0 Å². The molecule has 0 bridgehead atoms. The molecule has 0 spiro atoms. The average molecular weight is 216 g/mol. The number of halogens is 1. The van der Waals surface area contributed by atoms with Crippen LogP contribution in [-0.4, -0.2) is 13.2 Å². The van der Waals surface area contributed by atoms with E-state index < -0.39 is 6.09 Å². The van der Waals surface area contributed by atoms with Gasteiger partial charge in [0.15, 0.2) is 0 Å². The van der Waals surface area contributed by atoms with E-state index in [2.05, 4.69) is 4.74 Å². The van der Waals surface area contributed by atoms with E-state index in [1.54, 1.807) is 18.2 Å².